The van der Waals surface area contributed by atoms with Gasteiger partial charge in [0.05, 0.1) is 0 Å². The van der Waals surface area contributed by atoms with Crippen LogP contribution < -0.4 is 4.74 Å². The first kappa shape index (κ1) is 10.3. The molecule has 0 atom stereocenters. The van der Waals surface area contributed by atoms with E-state index in [9.17, 15) is 4.79 Å². The maximum atomic E-state index is 11.0. The quantitative estimate of drug-likeness (QED) is 0.419. The van der Waals surface area contributed by atoms with Crippen molar-refractivity contribution < 1.29 is 14.3 Å². The number of carbonyl (C=O) groups is 1. The number of ether oxygens (including phenoxy) is 2. The molecule has 0 aliphatic rings. The number of rotatable bonds is 3. The molecule has 74 valence electrons. The van der Waals surface area contributed by atoms with Crippen LogP contribution in [-0.4, -0.2) is 12.8 Å². The fourth-order valence-electron chi connectivity index (χ4n) is 0.827. The Bertz CT molecular complexity index is 304. The summed E-state index contributed by atoms with van der Waals surface area (Å²) in [5.74, 6) is 0.484. The number of hydrogen-bond donors (Lipinski definition) is 0. The molecule has 1 rings (SSSR count). The molecular formula is C11H12O3. The van der Waals surface area contributed by atoms with E-state index in [0.717, 1.165) is 0 Å². The van der Waals surface area contributed by atoms with E-state index in [4.69, 9.17) is 9.47 Å². The minimum atomic E-state index is -0.686. The summed E-state index contributed by atoms with van der Waals surface area (Å²) >= 11 is 0. The van der Waals surface area contributed by atoms with Gasteiger partial charge < -0.3 is 9.47 Å². The van der Waals surface area contributed by atoms with Gasteiger partial charge in [0.25, 0.3) is 0 Å². The summed E-state index contributed by atoms with van der Waals surface area (Å²) in [6.07, 6.45) is 2.84. The Morgan fingerprint density at radius 3 is 2.71 bits per heavy atom. The molecule has 14 heavy (non-hydrogen) atoms. The van der Waals surface area contributed by atoms with Gasteiger partial charge in [0.1, 0.15) is 12.4 Å². The first-order chi connectivity index (χ1) is 6.83. The van der Waals surface area contributed by atoms with Gasteiger partial charge in [0.15, 0.2) is 0 Å². The highest BCUT2D eigenvalue weighted by Crippen LogP contribution is 2.08. The molecular weight excluding hydrogens is 180 g/mol. The molecule has 0 amide bonds. The summed E-state index contributed by atoms with van der Waals surface area (Å²) in [7, 11) is 0. The molecule has 0 saturated heterocycles. The lowest BCUT2D eigenvalue weighted by molar-refractivity contribution is 0.109. The molecule has 1 aromatic rings. The van der Waals surface area contributed by atoms with E-state index in [-0.39, 0.29) is 6.61 Å². The lowest BCUT2D eigenvalue weighted by Crippen LogP contribution is -2.10. The van der Waals surface area contributed by atoms with E-state index < -0.39 is 6.16 Å². The maximum Gasteiger partial charge on any atom is 0.514 e. The average Bonchev–Trinajstić information content (AvgIpc) is 2.20. The zero-order valence-electron chi connectivity index (χ0n) is 7.97. The minimum absolute atomic E-state index is 0.238. The highest BCUT2D eigenvalue weighted by atomic mass is 16.7. The molecule has 0 heterocycles. The second kappa shape index (κ2) is 5.80. The predicted molar refractivity (Wildman–Crippen MR) is 53.2 cm³/mol. The molecule has 0 N–H and O–H groups in total. The van der Waals surface area contributed by atoms with Crippen LogP contribution in [0.4, 0.5) is 4.79 Å². The first-order valence-electron chi connectivity index (χ1n) is 4.33. The zero-order chi connectivity index (χ0) is 10.2. The number of allylic oxidation sites excluding steroid dienone is 1. The minimum Gasteiger partial charge on any atom is -0.430 e. The fourth-order valence-corrected chi connectivity index (χ4v) is 0.827. The van der Waals surface area contributed by atoms with Gasteiger partial charge in [-0.05, 0) is 19.1 Å². The van der Waals surface area contributed by atoms with Gasteiger partial charge in [-0.25, -0.2) is 4.79 Å². The summed E-state index contributed by atoms with van der Waals surface area (Å²) in [5, 5.41) is 0. The predicted octanol–water partition coefficient (Wildman–Crippen LogP) is 2.78. The topological polar surface area (TPSA) is 35.5 Å². The third-order valence-electron chi connectivity index (χ3n) is 1.48. The van der Waals surface area contributed by atoms with Crippen molar-refractivity contribution in [3.63, 3.8) is 0 Å². The molecule has 0 radical (unpaired) electrons. The smallest absolute Gasteiger partial charge is 0.430 e. The van der Waals surface area contributed by atoms with Crippen LogP contribution in [0, 0.1) is 0 Å². The lowest BCUT2D eigenvalue weighted by Gasteiger charge is -2.02. The van der Waals surface area contributed by atoms with Crippen molar-refractivity contribution in [2.24, 2.45) is 0 Å². The van der Waals surface area contributed by atoms with Crippen molar-refractivity contribution in [1.82, 2.24) is 0 Å². The monoisotopic (exact) mass is 192 g/mol. The van der Waals surface area contributed by atoms with Gasteiger partial charge in [-0.3, -0.25) is 0 Å². The van der Waals surface area contributed by atoms with E-state index in [1.807, 2.05) is 13.0 Å². The van der Waals surface area contributed by atoms with E-state index >= 15 is 0 Å². The molecule has 0 saturated carbocycles. The van der Waals surface area contributed by atoms with Crippen molar-refractivity contribution in [2.45, 2.75) is 6.92 Å². The molecule has 1 aromatic carbocycles. The summed E-state index contributed by atoms with van der Waals surface area (Å²) in [6, 6.07) is 8.80. The Kier molecular flexibility index (Phi) is 4.27. The SMILES string of the molecule is C/C=C/COC(=O)Oc1ccccc1. The summed E-state index contributed by atoms with van der Waals surface area (Å²) in [5.41, 5.74) is 0. The average molecular weight is 192 g/mol. The third-order valence-corrected chi connectivity index (χ3v) is 1.48. The fraction of sp³-hybridized carbons (Fsp3) is 0.182. The molecule has 0 aromatic heterocycles. The van der Waals surface area contributed by atoms with Crippen LogP contribution in [0.15, 0.2) is 42.5 Å². The lowest BCUT2D eigenvalue weighted by atomic mass is 10.3. The number of carbonyl (C=O) groups excluding carboxylic acids is 1. The molecule has 0 unspecified atom stereocenters. The van der Waals surface area contributed by atoms with Crippen molar-refractivity contribution in [2.75, 3.05) is 6.61 Å². The number of hydrogen-bond acceptors (Lipinski definition) is 3. The van der Waals surface area contributed by atoms with Crippen LogP contribution in [0.25, 0.3) is 0 Å². The van der Waals surface area contributed by atoms with Crippen LogP contribution in [-0.2, 0) is 4.74 Å². The van der Waals surface area contributed by atoms with Crippen LogP contribution >= 0.6 is 0 Å². The molecule has 0 aliphatic carbocycles. The molecule has 3 heteroatoms. The van der Waals surface area contributed by atoms with Gasteiger partial charge >= 0.3 is 6.16 Å². The Hall–Kier alpha value is -1.77. The van der Waals surface area contributed by atoms with Gasteiger partial charge in [-0.15, -0.1) is 0 Å². The standard InChI is InChI=1S/C11H12O3/c1-2-3-9-13-11(12)14-10-7-5-4-6-8-10/h2-8H,9H2,1H3/b3-2+. The second-order valence-corrected chi connectivity index (χ2v) is 2.55. The number of benzene rings is 1. The highest BCUT2D eigenvalue weighted by molar-refractivity contribution is 5.63. The van der Waals surface area contributed by atoms with Crippen molar-refractivity contribution in [3.05, 3.63) is 42.5 Å². The molecule has 0 bridgehead atoms. The second-order valence-electron chi connectivity index (χ2n) is 2.55. The molecule has 0 fully saturated rings. The van der Waals surface area contributed by atoms with Gasteiger partial charge in [0.2, 0.25) is 0 Å². The summed E-state index contributed by atoms with van der Waals surface area (Å²) < 4.78 is 9.60. The first-order valence-corrected chi connectivity index (χ1v) is 4.33. The van der Waals surface area contributed by atoms with E-state index in [0.29, 0.717) is 5.75 Å². The van der Waals surface area contributed by atoms with Crippen molar-refractivity contribution >= 4 is 6.16 Å². The van der Waals surface area contributed by atoms with E-state index in [1.54, 1.807) is 36.4 Å². The Labute approximate surface area is 83.0 Å². The van der Waals surface area contributed by atoms with Gasteiger partial charge in [-0.2, -0.15) is 0 Å². The van der Waals surface area contributed by atoms with Crippen LogP contribution in [0.3, 0.4) is 0 Å². The normalized spacial score (nSPS) is 10.1. The van der Waals surface area contributed by atoms with Crippen LogP contribution in [0.5, 0.6) is 5.75 Å². The van der Waals surface area contributed by atoms with Crippen molar-refractivity contribution in [1.29, 1.82) is 0 Å². The Balaban J connectivity index is 2.34. The van der Waals surface area contributed by atoms with Gasteiger partial charge in [-0.1, -0.05) is 30.4 Å². The van der Waals surface area contributed by atoms with Crippen LogP contribution in [0.1, 0.15) is 6.92 Å². The molecule has 0 aliphatic heterocycles. The third kappa shape index (κ3) is 3.76. The highest BCUT2D eigenvalue weighted by Gasteiger charge is 2.02. The number of para-hydroxylation sites is 1. The van der Waals surface area contributed by atoms with E-state index in [2.05, 4.69) is 0 Å². The zero-order valence-corrected chi connectivity index (χ0v) is 7.97. The van der Waals surface area contributed by atoms with Crippen molar-refractivity contribution in [3.8, 4) is 5.75 Å². The maximum absolute atomic E-state index is 11.0. The largest absolute Gasteiger partial charge is 0.514 e. The summed E-state index contributed by atoms with van der Waals surface area (Å²) in [6.45, 7) is 2.09. The molecule has 0 spiro atoms. The Morgan fingerprint density at radius 1 is 1.36 bits per heavy atom. The van der Waals surface area contributed by atoms with Gasteiger partial charge in [0, 0.05) is 0 Å². The van der Waals surface area contributed by atoms with Crippen LogP contribution in [0.2, 0.25) is 0 Å². The van der Waals surface area contributed by atoms with E-state index in [1.165, 1.54) is 0 Å². The molecule has 3 nitrogen and oxygen atoms in total. The summed E-state index contributed by atoms with van der Waals surface area (Å²) in [4.78, 5) is 11.0. The Morgan fingerprint density at radius 2 is 2.07 bits per heavy atom.